The summed E-state index contributed by atoms with van der Waals surface area (Å²) in [5.41, 5.74) is 0.629. The standard InChI is InChI=1S/C10H12O4/c1-3-4-7-5-6-8(11)10(13-2)9(7)14-12/h3-6,11-12H,1-2H3/b4-3+. The van der Waals surface area contributed by atoms with Crippen molar-refractivity contribution in [3.05, 3.63) is 23.8 Å². The molecular formula is C10H12O4. The fraction of sp³-hybridized carbons (Fsp3) is 0.200. The molecule has 0 aromatic heterocycles. The van der Waals surface area contributed by atoms with Gasteiger partial charge in [-0.3, -0.25) is 0 Å². The maximum Gasteiger partial charge on any atom is 0.217 e. The van der Waals surface area contributed by atoms with Gasteiger partial charge >= 0.3 is 0 Å². The minimum atomic E-state index is -0.0789. The Morgan fingerprint density at radius 1 is 1.29 bits per heavy atom. The van der Waals surface area contributed by atoms with E-state index in [0.717, 1.165) is 0 Å². The molecule has 4 nitrogen and oxygen atoms in total. The van der Waals surface area contributed by atoms with E-state index in [2.05, 4.69) is 4.89 Å². The molecule has 0 saturated carbocycles. The van der Waals surface area contributed by atoms with E-state index in [-0.39, 0.29) is 17.2 Å². The number of ether oxygens (including phenoxy) is 1. The smallest absolute Gasteiger partial charge is 0.217 e. The summed E-state index contributed by atoms with van der Waals surface area (Å²) in [6, 6.07) is 3.08. The lowest BCUT2D eigenvalue weighted by Gasteiger charge is -2.09. The van der Waals surface area contributed by atoms with Crippen LogP contribution in [0.1, 0.15) is 12.5 Å². The third kappa shape index (κ3) is 1.80. The van der Waals surface area contributed by atoms with E-state index >= 15 is 0 Å². The summed E-state index contributed by atoms with van der Waals surface area (Å²) in [7, 11) is 1.39. The molecule has 0 heterocycles. The third-order valence-electron chi connectivity index (χ3n) is 1.76. The molecular weight excluding hydrogens is 184 g/mol. The van der Waals surface area contributed by atoms with Crippen molar-refractivity contribution < 1.29 is 20.0 Å². The summed E-state index contributed by atoms with van der Waals surface area (Å²) in [4.78, 5) is 4.16. The van der Waals surface area contributed by atoms with E-state index in [1.54, 1.807) is 18.2 Å². The van der Waals surface area contributed by atoms with Crippen LogP contribution in [-0.2, 0) is 0 Å². The fourth-order valence-electron chi connectivity index (χ4n) is 1.17. The zero-order valence-corrected chi connectivity index (χ0v) is 8.02. The summed E-state index contributed by atoms with van der Waals surface area (Å²) >= 11 is 0. The molecule has 1 rings (SSSR count). The van der Waals surface area contributed by atoms with E-state index < -0.39 is 0 Å². The average molecular weight is 196 g/mol. The Morgan fingerprint density at radius 2 is 2.00 bits per heavy atom. The van der Waals surface area contributed by atoms with E-state index in [9.17, 15) is 5.11 Å². The molecule has 0 atom stereocenters. The molecule has 0 amide bonds. The fourth-order valence-corrected chi connectivity index (χ4v) is 1.17. The minimum Gasteiger partial charge on any atom is -0.504 e. The van der Waals surface area contributed by atoms with Gasteiger partial charge < -0.3 is 14.7 Å². The normalized spacial score (nSPS) is 10.5. The van der Waals surface area contributed by atoms with Gasteiger partial charge in [-0.05, 0) is 19.1 Å². The predicted molar refractivity (Wildman–Crippen MR) is 52.6 cm³/mol. The van der Waals surface area contributed by atoms with Crippen LogP contribution in [0.5, 0.6) is 17.2 Å². The molecule has 0 aliphatic carbocycles. The van der Waals surface area contributed by atoms with Crippen molar-refractivity contribution in [3.8, 4) is 17.2 Å². The topological polar surface area (TPSA) is 58.9 Å². The number of methoxy groups -OCH3 is 1. The molecule has 0 spiro atoms. The minimum absolute atomic E-state index is 0.0789. The Hall–Kier alpha value is -1.68. The van der Waals surface area contributed by atoms with Crippen LogP contribution >= 0.6 is 0 Å². The summed E-state index contributed by atoms with van der Waals surface area (Å²) in [6.07, 6.45) is 3.52. The first kappa shape index (κ1) is 10.4. The molecule has 14 heavy (non-hydrogen) atoms. The Kier molecular flexibility index (Phi) is 3.36. The highest BCUT2D eigenvalue weighted by atomic mass is 17.1. The van der Waals surface area contributed by atoms with Crippen molar-refractivity contribution >= 4 is 6.08 Å². The van der Waals surface area contributed by atoms with E-state index in [4.69, 9.17) is 9.99 Å². The zero-order valence-electron chi connectivity index (χ0n) is 8.02. The van der Waals surface area contributed by atoms with Gasteiger partial charge in [0.2, 0.25) is 11.5 Å². The number of phenols is 1. The van der Waals surface area contributed by atoms with Gasteiger partial charge in [-0.1, -0.05) is 12.2 Å². The highest BCUT2D eigenvalue weighted by Crippen LogP contribution is 2.39. The zero-order chi connectivity index (χ0) is 10.6. The van der Waals surface area contributed by atoms with E-state index in [1.165, 1.54) is 13.2 Å². The molecule has 76 valence electrons. The molecule has 0 fully saturated rings. The Labute approximate surface area is 81.9 Å². The monoisotopic (exact) mass is 196 g/mol. The second-order valence-corrected chi connectivity index (χ2v) is 2.63. The van der Waals surface area contributed by atoms with Crippen LogP contribution in [-0.4, -0.2) is 17.5 Å². The predicted octanol–water partition coefficient (Wildman–Crippen LogP) is 2.29. The van der Waals surface area contributed by atoms with Gasteiger partial charge in [0.1, 0.15) is 0 Å². The highest BCUT2D eigenvalue weighted by molar-refractivity contribution is 5.65. The molecule has 0 aliphatic heterocycles. The molecule has 0 aliphatic rings. The molecule has 0 unspecified atom stereocenters. The van der Waals surface area contributed by atoms with Gasteiger partial charge in [0, 0.05) is 5.56 Å². The van der Waals surface area contributed by atoms with Crippen LogP contribution in [0.3, 0.4) is 0 Å². The first-order valence-electron chi connectivity index (χ1n) is 4.08. The largest absolute Gasteiger partial charge is 0.504 e. The van der Waals surface area contributed by atoms with Gasteiger partial charge in [-0.15, -0.1) is 0 Å². The number of rotatable bonds is 3. The van der Waals surface area contributed by atoms with E-state index in [1.807, 2.05) is 6.92 Å². The van der Waals surface area contributed by atoms with Gasteiger partial charge in [0.25, 0.3) is 0 Å². The average Bonchev–Trinajstić information content (AvgIpc) is 2.20. The van der Waals surface area contributed by atoms with Gasteiger partial charge in [-0.2, -0.15) is 0 Å². The molecule has 0 radical (unpaired) electrons. The first-order valence-corrected chi connectivity index (χ1v) is 4.08. The summed E-state index contributed by atoms with van der Waals surface area (Å²) < 4.78 is 4.89. The SMILES string of the molecule is C/C=C/c1ccc(O)c(OC)c1OO. The third-order valence-corrected chi connectivity index (χ3v) is 1.76. The lowest BCUT2D eigenvalue weighted by molar-refractivity contribution is -0.139. The van der Waals surface area contributed by atoms with Crippen molar-refractivity contribution in [2.24, 2.45) is 0 Å². The van der Waals surface area contributed by atoms with Crippen molar-refractivity contribution in [2.75, 3.05) is 7.11 Å². The molecule has 1 aromatic rings. The number of hydrogen-bond donors (Lipinski definition) is 2. The number of benzene rings is 1. The summed E-state index contributed by atoms with van der Waals surface area (Å²) in [6.45, 7) is 1.83. The maximum atomic E-state index is 9.37. The maximum absolute atomic E-state index is 9.37. The lowest BCUT2D eigenvalue weighted by atomic mass is 10.1. The number of phenolic OH excluding ortho intramolecular Hbond substituents is 1. The van der Waals surface area contributed by atoms with Crippen LogP contribution in [0.15, 0.2) is 18.2 Å². The first-order chi connectivity index (χ1) is 6.74. The molecule has 1 aromatic carbocycles. The van der Waals surface area contributed by atoms with E-state index in [0.29, 0.717) is 5.56 Å². The molecule has 4 heteroatoms. The highest BCUT2D eigenvalue weighted by Gasteiger charge is 2.13. The van der Waals surface area contributed by atoms with Crippen molar-refractivity contribution in [1.82, 2.24) is 0 Å². The quantitative estimate of drug-likeness (QED) is 0.575. The Bertz CT molecular complexity index is 344. The van der Waals surface area contributed by atoms with Crippen LogP contribution in [0.2, 0.25) is 0 Å². The molecule has 0 bridgehead atoms. The summed E-state index contributed by atoms with van der Waals surface area (Å²) in [5.74, 6) is 0.138. The number of aromatic hydroxyl groups is 1. The lowest BCUT2D eigenvalue weighted by Crippen LogP contribution is -1.93. The second kappa shape index (κ2) is 4.53. The second-order valence-electron chi connectivity index (χ2n) is 2.63. The van der Waals surface area contributed by atoms with Crippen LogP contribution in [0, 0.1) is 0 Å². The number of allylic oxidation sites excluding steroid dienone is 1. The van der Waals surface area contributed by atoms with Crippen molar-refractivity contribution in [1.29, 1.82) is 0 Å². The van der Waals surface area contributed by atoms with Crippen LogP contribution in [0.25, 0.3) is 6.08 Å². The van der Waals surface area contributed by atoms with Crippen LogP contribution < -0.4 is 9.62 Å². The van der Waals surface area contributed by atoms with Gasteiger partial charge in [-0.25, -0.2) is 5.26 Å². The summed E-state index contributed by atoms with van der Waals surface area (Å²) in [5, 5.41) is 18.0. The van der Waals surface area contributed by atoms with Crippen LogP contribution in [0.4, 0.5) is 0 Å². The molecule has 0 saturated heterocycles. The Balaban J connectivity index is 3.32. The van der Waals surface area contributed by atoms with Crippen molar-refractivity contribution in [2.45, 2.75) is 6.92 Å². The van der Waals surface area contributed by atoms with Crippen molar-refractivity contribution in [3.63, 3.8) is 0 Å². The van der Waals surface area contributed by atoms with Gasteiger partial charge in [0.15, 0.2) is 5.75 Å². The molecule has 2 N–H and O–H groups in total. The Morgan fingerprint density at radius 3 is 2.50 bits per heavy atom. The number of hydrogen-bond acceptors (Lipinski definition) is 4. The van der Waals surface area contributed by atoms with Gasteiger partial charge in [0.05, 0.1) is 7.11 Å².